The lowest BCUT2D eigenvalue weighted by molar-refractivity contribution is -0.463. The molecule has 0 aliphatic heterocycles. The first kappa shape index (κ1) is 12.2. The van der Waals surface area contributed by atoms with Gasteiger partial charge in [-0.15, -0.1) is 0 Å². The molecule has 0 heterocycles. The van der Waals surface area contributed by atoms with Crippen LogP contribution in [0, 0.1) is 0 Å². The highest BCUT2D eigenvalue weighted by Gasteiger charge is 2.10. The van der Waals surface area contributed by atoms with Crippen LogP contribution in [-0.4, -0.2) is 36.0 Å². The van der Waals surface area contributed by atoms with Gasteiger partial charge in [0.15, 0.2) is 0 Å². The summed E-state index contributed by atoms with van der Waals surface area (Å²) in [5.41, 5.74) is 0.997. The number of nitrogens with zero attached hydrogens (tertiary/aromatic N) is 1. The summed E-state index contributed by atoms with van der Waals surface area (Å²) in [6.45, 7) is 3.79. The first-order valence-corrected chi connectivity index (χ1v) is 5.24. The molecule has 1 amide bonds. The van der Waals surface area contributed by atoms with Gasteiger partial charge < -0.3 is 0 Å². The van der Waals surface area contributed by atoms with Gasteiger partial charge in [0.05, 0.1) is 14.1 Å². The molecule has 3 nitrogen and oxygen atoms in total. The van der Waals surface area contributed by atoms with Crippen LogP contribution >= 0.6 is 11.8 Å². The topological polar surface area (TPSA) is 32.1 Å². The first-order valence-electron chi connectivity index (χ1n) is 4.01. The largest absolute Gasteiger partial charge is 0.332 e. The highest BCUT2D eigenvalue weighted by atomic mass is 32.2. The molecule has 0 aliphatic rings. The van der Waals surface area contributed by atoms with E-state index in [-0.39, 0.29) is 5.91 Å². The molecule has 13 heavy (non-hydrogen) atoms. The van der Waals surface area contributed by atoms with E-state index in [4.69, 9.17) is 0 Å². The number of amides is 1. The smallest absolute Gasteiger partial charge is 0.261 e. The molecule has 0 aromatic rings. The van der Waals surface area contributed by atoms with E-state index in [1.807, 2.05) is 38.8 Å². The Morgan fingerprint density at radius 3 is 2.23 bits per heavy atom. The van der Waals surface area contributed by atoms with Gasteiger partial charge in [-0.25, -0.2) is 10.1 Å². The van der Waals surface area contributed by atoms with E-state index in [0.717, 1.165) is 10.7 Å². The molecule has 1 N–H and O–H groups in total. The quantitative estimate of drug-likeness (QED) is 0.298. The van der Waals surface area contributed by atoms with Gasteiger partial charge in [0.25, 0.3) is 0 Å². The van der Waals surface area contributed by atoms with Crippen molar-refractivity contribution in [1.82, 2.24) is 5.32 Å². The van der Waals surface area contributed by atoms with Crippen LogP contribution < -0.4 is 5.32 Å². The first-order chi connectivity index (χ1) is 5.97. The van der Waals surface area contributed by atoms with Crippen LogP contribution in [0.15, 0.2) is 11.6 Å². The van der Waals surface area contributed by atoms with Gasteiger partial charge in [-0.2, -0.15) is 0 Å². The molecule has 0 rings (SSSR count). The average Bonchev–Trinajstić information content (AvgIpc) is 1.98. The highest BCUT2D eigenvalue weighted by molar-refractivity contribution is 8.13. The number of thioether (sulfide) groups is 1. The Kier molecular flexibility index (Phi) is 5.46. The normalized spacial score (nSPS) is 9.00. The number of carbonyl (C=O) groups excluding carboxylic acids is 1. The minimum absolute atomic E-state index is 0.0712. The molecule has 0 bridgehead atoms. The highest BCUT2D eigenvalue weighted by Crippen LogP contribution is 1.94. The summed E-state index contributed by atoms with van der Waals surface area (Å²) >= 11 is 1.51. The summed E-state index contributed by atoms with van der Waals surface area (Å²) in [4.78, 5) is 11.3. The van der Waals surface area contributed by atoms with E-state index in [1.54, 1.807) is 6.08 Å². The fourth-order valence-electron chi connectivity index (χ4n) is 0.749. The maximum absolute atomic E-state index is 11.3. The number of hydrogen-bond donors (Lipinski definition) is 1. The fraction of sp³-hybridized carbons (Fsp3) is 0.556. The zero-order valence-electron chi connectivity index (χ0n) is 8.84. The number of rotatable bonds is 1. The summed E-state index contributed by atoms with van der Waals surface area (Å²) in [5.74, 6) is -0.0712. The summed E-state index contributed by atoms with van der Waals surface area (Å²) in [5, 5.41) is 3.64. The zero-order chi connectivity index (χ0) is 10.4. The van der Waals surface area contributed by atoms with Crippen molar-refractivity contribution in [3.8, 4) is 0 Å². The van der Waals surface area contributed by atoms with Gasteiger partial charge in [-0.3, -0.25) is 4.58 Å². The van der Waals surface area contributed by atoms with Crippen LogP contribution in [0.25, 0.3) is 0 Å². The Morgan fingerprint density at radius 1 is 1.38 bits per heavy atom. The van der Waals surface area contributed by atoms with Crippen molar-refractivity contribution in [3.05, 3.63) is 11.6 Å². The van der Waals surface area contributed by atoms with Crippen molar-refractivity contribution in [2.24, 2.45) is 0 Å². The van der Waals surface area contributed by atoms with Crippen LogP contribution in [0.2, 0.25) is 0 Å². The Morgan fingerprint density at radius 2 is 1.92 bits per heavy atom. The summed E-state index contributed by atoms with van der Waals surface area (Å²) in [7, 11) is 3.79. The lowest BCUT2D eigenvalue weighted by atomic mass is 10.3. The van der Waals surface area contributed by atoms with Crippen LogP contribution in [0.1, 0.15) is 13.8 Å². The maximum atomic E-state index is 11.3. The van der Waals surface area contributed by atoms with E-state index >= 15 is 0 Å². The second kappa shape index (κ2) is 5.80. The van der Waals surface area contributed by atoms with Crippen molar-refractivity contribution in [3.63, 3.8) is 0 Å². The van der Waals surface area contributed by atoms with Crippen molar-refractivity contribution in [2.75, 3.05) is 20.4 Å². The van der Waals surface area contributed by atoms with Gasteiger partial charge in [-0.1, -0.05) is 5.57 Å². The summed E-state index contributed by atoms with van der Waals surface area (Å²) in [6, 6.07) is 0. The monoisotopic (exact) mass is 201 g/mol. The summed E-state index contributed by atoms with van der Waals surface area (Å²) in [6.07, 6.45) is 3.51. The minimum Gasteiger partial charge on any atom is -0.261 e. The van der Waals surface area contributed by atoms with E-state index in [0.29, 0.717) is 0 Å². The zero-order valence-corrected chi connectivity index (χ0v) is 9.66. The van der Waals surface area contributed by atoms with Crippen molar-refractivity contribution >= 4 is 22.8 Å². The Bertz CT molecular complexity index is 248. The molecule has 0 fully saturated rings. The number of hydrogen-bond acceptors (Lipinski definition) is 2. The van der Waals surface area contributed by atoms with E-state index < -0.39 is 0 Å². The molecule has 0 saturated carbocycles. The number of allylic oxidation sites excluding steroid dienone is 1. The molecule has 4 heteroatoms. The Balaban J connectivity index is 4.37. The molecule has 0 aliphatic carbocycles. The van der Waals surface area contributed by atoms with Gasteiger partial charge in [0, 0.05) is 6.08 Å². The van der Waals surface area contributed by atoms with Crippen molar-refractivity contribution < 1.29 is 9.37 Å². The van der Waals surface area contributed by atoms with E-state index in [2.05, 4.69) is 5.32 Å². The number of nitrogens with one attached hydrogen (secondary N) is 1. The Hall–Kier alpha value is -0.770. The lowest BCUT2D eigenvalue weighted by Crippen LogP contribution is -2.32. The second-order valence-electron chi connectivity index (χ2n) is 3.11. The second-order valence-corrected chi connectivity index (χ2v) is 3.91. The SMILES string of the molecule is CSC(NC(=O)C=C(C)C)=[N+](C)C. The van der Waals surface area contributed by atoms with E-state index in [1.165, 1.54) is 11.8 Å². The molecule has 0 atom stereocenters. The predicted octanol–water partition coefficient (Wildman–Crippen LogP) is 1.06. The standard InChI is InChI=1S/C9H16N2OS/c1-7(2)6-8(12)10-9(13-5)11(3)4/h6H,1-5H3/p+1. The summed E-state index contributed by atoms with van der Waals surface area (Å²) < 4.78 is 1.88. The van der Waals surface area contributed by atoms with Gasteiger partial charge >= 0.3 is 11.1 Å². The molecular formula is C9H17N2OS+. The molecular weight excluding hydrogens is 184 g/mol. The maximum Gasteiger partial charge on any atom is 0.332 e. The molecule has 74 valence electrons. The van der Waals surface area contributed by atoms with Crippen molar-refractivity contribution in [1.29, 1.82) is 0 Å². The molecule has 0 spiro atoms. The molecule has 0 aromatic carbocycles. The third-order valence-corrected chi connectivity index (χ3v) is 2.10. The average molecular weight is 201 g/mol. The predicted molar refractivity (Wildman–Crippen MR) is 58.2 cm³/mol. The molecule has 0 saturated heterocycles. The minimum atomic E-state index is -0.0712. The number of carbonyl (C=O) groups is 1. The van der Waals surface area contributed by atoms with Crippen LogP contribution in [0.4, 0.5) is 0 Å². The number of amidine groups is 1. The molecule has 0 aromatic heterocycles. The van der Waals surface area contributed by atoms with Gasteiger partial charge in [-0.05, 0) is 31.9 Å². The lowest BCUT2D eigenvalue weighted by Gasteiger charge is -1.99. The third kappa shape index (κ3) is 5.47. The third-order valence-electron chi connectivity index (χ3n) is 1.25. The van der Waals surface area contributed by atoms with E-state index in [9.17, 15) is 4.79 Å². The fourth-order valence-corrected chi connectivity index (χ4v) is 1.32. The van der Waals surface area contributed by atoms with Crippen LogP contribution in [0.3, 0.4) is 0 Å². The van der Waals surface area contributed by atoms with Crippen molar-refractivity contribution in [2.45, 2.75) is 13.8 Å². The van der Waals surface area contributed by atoms with Crippen LogP contribution in [0.5, 0.6) is 0 Å². The van der Waals surface area contributed by atoms with Gasteiger partial charge in [0.1, 0.15) is 0 Å². The Labute approximate surface area is 83.9 Å². The van der Waals surface area contributed by atoms with Gasteiger partial charge in [0.2, 0.25) is 0 Å². The molecule has 0 unspecified atom stereocenters. The molecule has 0 radical (unpaired) electrons. The van der Waals surface area contributed by atoms with Crippen LogP contribution in [-0.2, 0) is 4.79 Å².